The van der Waals surface area contributed by atoms with Crippen LogP contribution in [0.15, 0.2) is 0 Å². The number of hydrogen-bond acceptors (Lipinski definition) is 2. The standard InChI is InChI=1S/C11H18F3NO3/c1-6(10(2,3)4)8(16)15-7(9(17)18)5-11(12,13)14/h6-7H,5H2,1-4H3,(H,15,16)(H,17,18). The first-order valence-corrected chi connectivity index (χ1v) is 5.44. The van der Waals surface area contributed by atoms with E-state index < -0.39 is 41.8 Å². The van der Waals surface area contributed by atoms with Gasteiger partial charge >= 0.3 is 12.1 Å². The molecule has 0 fully saturated rings. The Kier molecular flexibility index (Phi) is 5.19. The van der Waals surface area contributed by atoms with Gasteiger partial charge in [0.15, 0.2) is 0 Å². The number of carboxylic acid groups (broad SMARTS) is 1. The van der Waals surface area contributed by atoms with Crippen molar-refractivity contribution in [1.29, 1.82) is 0 Å². The molecule has 0 bridgehead atoms. The monoisotopic (exact) mass is 269 g/mol. The van der Waals surface area contributed by atoms with Crippen LogP contribution in [0.1, 0.15) is 34.1 Å². The Labute approximate surface area is 104 Å². The van der Waals surface area contributed by atoms with Gasteiger partial charge < -0.3 is 10.4 Å². The van der Waals surface area contributed by atoms with Crippen molar-refractivity contribution in [3.05, 3.63) is 0 Å². The van der Waals surface area contributed by atoms with E-state index in [2.05, 4.69) is 0 Å². The second-order valence-electron chi connectivity index (χ2n) is 5.31. The van der Waals surface area contributed by atoms with Gasteiger partial charge in [-0.15, -0.1) is 0 Å². The van der Waals surface area contributed by atoms with Crippen molar-refractivity contribution in [1.82, 2.24) is 5.32 Å². The predicted octanol–water partition coefficient (Wildman–Crippen LogP) is 2.19. The molecule has 0 radical (unpaired) electrons. The van der Waals surface area contributed by atoms with Gasteiger partial charge in [0.25, 0.3) is 0 Å². The fraction of sp³-hybridized carbons (Fsp3) is 0.818. The van der Waals surface area contributed by atoms with Crippen LogP contribution >= 0.6 is 0 Å². The van der Waals surface area contributed by atoms with Crippen molar-refractivity contribution in [2.75, 3.05) is 0 Å². The molecule has 0 heterocycles. The lowest BCUT2D eigenvalue weighted by molar-refractivity contribution is -0.160. The molecule has 18 heavy (non-hydrogen) atoms. The highest BCUT2D eigenvalue weighted by atomic mass is 19.4. The Hall–Kier alpha value is -1.27. The average Bonchev–Trinajstić information content (AvgIpc) is 2.11. The molecular weight excluding hydrogens is 251 g/mol. The minimum atomic E-state index is -4.64. The summed E-state index contributed by atoms with van der Waals surface area (Å²) in [5.74, 6) is -2.98. The molecule has 1 amide bonds. The number of alkyl halides is 3. The number of rotatable bonds is 4. The summed E-state index contributed by atoms with van der Waals surface area (Å²) in [6, 6.07) is -1.94. The summed E-state index contributed by atoms with van der Waals surface area (Å²) in [5.41, 5.74) is -0.453. The molecule has 2 unspecified atom stereocenters. The number of nitrogens with one attached hydrogen (secondary N) is 1. The lowest BCUT2D eigenvalue weighted by Crippen LogP contribution is -2.47. The van der Waals surface area contributed by atoms with Crippen LogP contribution in [0.4, 0.5) is 13.2 Å². The number of halogens is 3. The highest BCUT2D eigenvalue weighted by Crippen LogP contribution is 2.26. The number of amides is 1. The Morgan fingerprint density at radius 2 is 1.67 bits per heavy atom. The van der Waals surface area contributed by atoms with Crippen LogP contribution < -0.4 is 5.32 Å². The van der Waals surface area contributed by atoms with Crippen molar-refractivity contribution in [2.24, 2.45) is 11.3 Å². The van der Waals surface area contributed by atoms with Crippen molar-refractivity contribution in [3.63, 3.8) is 0 Å². The summed E-state index contributed by atoms with van der Waals surface area (Å²) < 4.78 is 36.4. The quantitative estimate of drug-likeness (QED) is 0.822. The highest BCUT2D eigenvalue weighted by molar-refractivity contribution is 5.85. The SMILES string of the molecule is CC(C(=O)NC(CC(F)(F)F)C(=O)O)C(C)(C)C. The van der Waals surface area contributed by atoms with Crippen LogP contribution in [0.3, 0.4) is 0 Å². The third kappa shape index (κ3) is 5.88. The summed E-state index contributed by atoms with van der Waals surface area (Å²) in [5, 5.41) is 10.6. The molecule has 0 saturated heterocycles. The van der Waals surface area contributed by atoms with Crippen LogP contribution in [0, 0.1) is 11.3 Å². The summed E-state index contributed by atoms with van der Waals surface area (Å²) in [7, 11) is 0. The molecule has 2 N–H and O–H groups in total. The van der Waals surface area contributed by atoms with Gasteiger partial charge in [0.2, 0.25) is 5.91 Å². The fourth-order valence-electron chi connectivity index (χ4n) is 1.12. The minimum absolute atomic E-state index is 0.453. The first-order chi connectivity index (χ1) is 7.84. The normalized spacial score (nSPS) is 15.9. The second kappa shape index (κ2) is 5.58. The minimum Gasteiger partial charge on any atom is -0.480 e. The fourth-order valence-corrected chi connectivity index (χ4v) is 1.12. The smallest absolute Gasteiger partial charge is 0.391 e. The van der Waals surface area contributed by atoms with Crippen molar-refractivity contribution < 1.29 is 27.9 Å². The van der Waals surface area contributed by atoms with E-state index in [1.54, 1.807) is 27.7 Å². The lowest BCUT2D eigenvalue weighted by atomic mass is 9.81. The van der Waals surface area contributed by atoms with Gasteiger partial charge in [-0.1, -0.05) is 27.7 Å². The largest absolute Gasteiger partial charge is 0.480 e. The third-order valence-electron chi connectivity index (χ3n) is 2.74. The second-order valence-corrected chi connectivity index (χ2v) is 5.31. The van der Waals surface area contributed by atoms with E-state index >= 15 is 0 Å². The van der Waals surface area contributed by atoms with Gasteiger partial charge in [-0.3, -0.25) is 4.79 Å². The van der Waals surface area contributed by atoms with Crippen LogP contribution in [-0.2, 0) is 9.59 Å². The maximum absolute atomic E-state index is 12.1. The van der Waals surface area contributed by atoms with Gasteiger partial charge in [0, 0.05) is 5.92 Å². The number of carbonyl (C=O) groups excluding carboxylic acids is 1. The van der Waals surface area contributed by atoms with Gasteiger partial charge in [0.05, 0.1) is 6.42 Å². The van der Waals surface area contributed by atoms with Gasteiger partial charge in [-0.25, -0.2) is 4.79 Å². The molecule has 0 aromatic carbocycles. The van der Waals surface area contributed by atoms with Gasteiger partial charge in [-0.2, -0.15) is 13.2 Å². The van der Waals surface area contributed by atoms with E-state index in [0.29, 0.717) is 0 Å². The summed E-state index contributed by atoms with van der Waals surface area (Å²) >= 11 is 0. The number of carbonyl (C=O) groups is 2. The maximum atomic E-state index is 12.1. The van der Waals surface area contributed by atoms with Crippen LogP contribution in [0.5, 0.6) is 0 Å². The van der Waals surface area contributed by atoms with Crippen molar-refractivity contribution in [3.8, 4) is 0 Å². The maximum Gasteiger partial charge on any atom is 0.391 e. The molecule has 0 rings (SSSR count). The number of hydrogen-bond donors (Lipinski definition) is 2. The molecule has 0 aliphatic rings. The number of aliphatic carboxylic acids is 1. The average molecular weight is 269 g/mol. The zero-order valence-electron chi connectivity index (χ0n) is 10.8. The Balaban J connectivity index is 4.71. The zero-order valence-corrected chi connectivity index (χ0v) is 10.8. The molecule has 0 spiro atoms. The molecule has 7 heteroatoms. The van der Waals surface area contributed by atoms with E-state index in [4.69, 9.17) is 5.11 Å². The van der Waals surface area contributed by atoms with E-state index in [0.717, 1.165) is 0 Å². The Morgan fingerprint density at radius 3 is 1.94 bits per heavy atom. The molecular formula is C11H18F3NO3. The first-order valence-electron chi connectivity index (χ1n) is 5.44. The predicted molar refractivity (Wildman–Crippen MR) is 58.9 cm³/mol. The Bertz CT molecular complexity index is 320. The molecule has 4 nitrogen and oxygen atoms in total. The molecule has 0 saturated carbocycles. The number of carboxylic acids is 1. The lowest BCUT2D eigenvalue weighted by Gasteiger charge is -2.27. The van der Waals surface area contributed by atoms with E-state index in [-0.39, 0.29) is 0 Å². The molecule has 106 valence electrons. The van der Waals surface area contributed by atoms with Crippen LogP contribution in [-0.4, -0.2) is 29.2 Å². The third-order valence-corrected chi connectivity index (χ3v) is 2.74. The molecule has 2 atom stereocenters. The van der Waals surface area contributed by atoms with Crippen LogP contribution in [0.2, 0.25) is 0 Å². The van der Waals surface area contributed by atoms with Crippen LogP contribution in [0.25, 0.3) is 0 Å². The topological polar surface area (TPSA) is 66.4 Å². The van der Waals surface area contributed by atoms with Crippen molar-refractivity contribution in [2.45, 2.75) is 46.3 Å². The highest BCUT2D eigenvalue weighted by Gasteiger charge is 2.38. The van der Waals surface area contributed by atoms with E-state index in [1.807, 2.05) is 5.32 Å². The van der Waals surface area contributed by atoms with E-state index in [1.165, 1.54) is 0 Å². The zero-order chi connectivity index (χ0) is 14.7. The van der Waals surface area contributed by atoms with Crippen molar-refractivity contribution >= 4 is 11.9 Å². The van der Waals surface area contributed by atoms with E-state index in [9.17, 15) is 22.8 Å². The van der Waals surface area contributed by atoms with Gasteiger partial charge in [0.1, 0.15) is 6.04 Å². The van der Waals surface area contributed by atoms with Gasteiger partial charge in [-0.05, 0) is 5.41 Å². The molecule has 0 aliphatic carbocycles. The summed E-state index contributed by atoms with van der Waals surface area (Å²) in [6.45, 7) is 6.78. The summed E-state index contributed by atoms with van der Waals surface area (Å²) in [4.78, 5) is 22.3. The molecule has 0 aromatic rings. The molecule has 0 aliphatic heterocycles. The Morgan fingerprint density at radius 1 is 1.22 bits per heavy atom. The molecule has 0 aromatic heterocycles. The summed E-state index contributed by atoms with van der Waals surface area (Å²) in [6.07, 6.45) is -6.22. The first kappa shape index (κ1) is 16.7.